The third-order valence-electron chi connectivity index (χ3n) is 3.91. The molecule has 1 heterocycles. The number of carbonyl (C=O) groups is 1. The second-order valence-corrected chi connectivity index (χ2v) is 6.23. The van der Waals surface area contributed by atoms with E-state index in [1.807, 2.05) is 36.4 Å². The van der Waals surface area contributed by atoms with Crippen LogP contribution in [0.5, 0.6) is 0 Å². The van der Waals surface area contributed by atoms with E-state index in [1.165, 1.54) is 0 Å². The number of rotatable bonds is 9. The van der Waals surface area contributed by atoms with Gasteiger partial charge in [-0.25, -0.2) is 0 Å². The monoisotopic (exact) mass is 378 g/mol. The van der Waals surface area contributed by atoms with Gasteiger partial charge in [0, 0.05) is 16.6 Å². The predicted octanol–water partition coefficient (Wildman–Crippen LogP) is 3.90. The van der Waals surface area contributed by atoms with E-state index in [0.29, 0.717) is 13.1 Å². The van der Waals surface area contributed by atoms with Gasteiger partial charge in [-0.05, 0) is 37.4 Å². The number of furan rings is 1. The Morgan fingerprint density at radius 1 is 1.22 bits per heavy atom. The van der Waals surface area contributed by atoms with E-state index >= 15 is 0 Å². The van der Waals surface area contributed by atoms with Gasteiger partial charge in [-0.15, -0.1) is 0 Å². The molecule has 0 aliphatic heterocycles. The van der Waals surface area contributed by atoms with Crippen molar-refractivity contribution in [1.82, 2.24) is 10.2 Å². The molecule has 1 unspecified atom stereocenters. The fourth-order valence-electron chi connectivity index (χ4n) is 2.62. The summed E-state index contributed by atoms with van der Waals surface area (Å²) in [5.41, 5.74) is 0.720. The maximum Gasteiger partial charge on any atom is 0.176 e. The summed E-state index contributed by atoms with van der Waals surface area (Å²) in [6, 6.07) is 11.5. The Hall–Kier alpha value is -1.43. The third kappa shape index (κ3) is 5.03. The maximum absolute atomic E-state index is 12.2. The van der Waals surface area contributed by atoms with Crippen LogP contribution in [0, 0.1) is 0 Å². The quantitative estimate of drug-likeness (QED) is 0.672. The van der Waals surface area contributed by atoms with Crippen LogP contribution < -0.4 is 5.32 Å². The van der Waals surface area contributed by atoms with Gasteiger partial charge in [0.15, 0.2) is 5.78 Å². The first-order chi connectivity index (χ1) is 11.2. The molecule has 0 radical (unpaired) electrons. The van der Waals surface area contributed by atoms with Crippen LogP contribution in [-0.4, -0.2) is 36.9 Å². The van der Waals surface area contributed by atoms with Crippen LogP contribution in [0.3, 0.4) is 0 Å². The van der Waals surface area contributed by atoms with E-state index in [0.717, 1.165) is 28.9 Å². The lowest BCUT2D eigenvalue weighted by molar-refractivity contribution is 0.0985. The van der Waals surface area contributed by atoms with Gasteiger partial charge in [-0.3, -0.25) is 9.69 Å². The van der Waals surface area contributed by atoms with Crippen LogP contribution in [0.1, 0.15) is 36.0 Å². The van der Waals surface area contributed by atoms with Crippen LogP contribution in [0.15, 0.2) is 51.6 Å². The van der Waals surface area contributed by atoms with Crippen molar-refractivity contribution in [1.29, 1.82) is 0 Å². The Kier molecular flexibility index (Phi) is 7.02. The Morgan fingerprint density at radius 2 is 1.91 bits per heavy atom. The molecule has 5 heteroatoms. The van der Waals surface area contributed by atoms with Crippen LogP contribution >= 0.6 is 15.9 Å². The number of nitrogens with zero attached hydrogens (tertiary/aromatic N) is 1. The summed E-state index contributed by atoms with van der Waals surface area (Å²) in [6.45, 7) is 7.13. The molecular formula is C18H23BrN2O2. The van der Waals surface area contributed by atoms with Gasteiger partial charge >= 0.3 is 0 Å². The molecule has 0 saturated carbocycles. The standard InChI is InChI=1S/C18H23BrN2O2/c1-3-21(4-2)16(18-6-5-11-23-18)12-20-13-17(22)14-7-9-15(19)10-8-14/h5-11,16,20H,3-4,12-13H2,1-2H3. The molecule has 0 fully saturated rings. The summed E-state index contributed by atoms with van der Waals surface area (Å²) in [6.07, 6.45) is 1.69. The zero-order valence-corrected chi connectivity index (χ0v) is 15.2. The molecule has 0 aliphatic carbocycles. The topological polar surface area (TPSA) is 45.5 Å². The number of ketones is 1. The summed E-state index contributed by atoms with van der Waals surface area (Å²) in [7, 11) is 0. The van der Waals surface area contributed by atoms with E-state index in [9.17, 15) is 4.79 Å². The van der Waals surface area contributed by atoms with E-state index in [1.54, 1.807) is 6.26 Å². The van der Waals surface area contributed by atoms with Crippen LogP contribution in [-0.2, 0) is 0 Å². The molecule has 1 aromatic heterocycles. The lowest BCUT2D eigenvalue weighted by Gasteiger charge is -2.28. The Labute approximate surface area is 146 Å². The van der Waals surface area contributed by atoms with Gasteiger partial charge in [-0.2, -0.15) is 0 Å². The molecule has 0 saturated heterocycles. The zero-order valence-electron chi connectivity index (χ0n) is 13.6. The number of carbonyl (C=O) groups excluding carboxylic acids is 1. The third-order valence-corrected chi connectivity index (χ3v) is 4.44. The molecule has 2 rings (SSSR count). The smallest absolute Gasteiger partial charge is 0.176 e. The lowest BCUT2D eigenvalue weighted by atomic mass is 10.1. The Bertz CT molecular complexity index is 592. The summed E-state index contributed by atoms with van der Waals surface area (Å²) in [5, 5.41) is 3.27. The van der Waals surface area contributed by atoms with Crippen molar-refractivity contribution in [2.45, 2.75) is 19.9 Å². The second-order valence-electron chi connectivity index (χ2n) is 5.31. The first-order valence-corrected chi connectivity index (χ1v) is 8.72. The average Bonchev–Trinajstić information content (AvgIpc) is 3.09. The van der Waals surface area contributed by atoms with Gasteiger partial charge in [0.05, 0.1) is 18.8 Å². The highest BCUT2D eigenvalue weighted by Gasteiger charge is 2.20. The fourth-order valence-corrected chi connectivity index (χ4v) is 2.88. The van der Waals surface area contributed by atoms with E-state index in [4.69, 9.17) is 4.42 Å². The highest BCUT2D eigenvalue weighted by atomic mass is 79.9. The molecule has 1 atom stereocenters. The van der Waals surface area contributed by atoms with Gasteiger partial charge in [-0.1, -0.05) is 41.9 Å². The molecule has 2 aromatic rings. The highest BCUT2D eigenvalue weighted by molar-refractivity contribution is 9.10. The number of Topliss-reactive ketones (excluding diaryl/α,β-unsaturated/α-hetero) is 1. The van der Waals surface area contributed by atoms with Crippen molar-refractivity contribution >= 4 is 21.7 Å². The fraction of sp³-hybridized carbons (Fsp3) is 0.389. The summed E-state index contributed by atoms with van der Waals surface area (Å²) < 4.78 is 6.54. The minimum absolute atomic E-state index is 0.0928. The summed E-state index contributed by atoms with van der Waals surface area (Å²) in [4.78, 5) is 14.5. The molecule has 124 valence electrons. The molecule has 4 nitrogen and oxygen atoms in total. The predicted molar refractivity (Wildman–Crippen MR) is 95.7 cm³/mol. The van der Waals surface area contributed by atoms with Crippen LogP contribution in [0.4, 0.5) is 0 Å². The molecule has 0 amide bonds. The largest absolute Gasteiger partial charge is 0.468 e. The summed E-state index contributed by atoms with van der Waals surface area (Å²) in [5.74, 6) is 1.02. The number of nitrogens with one attached hydrogen (secondary N) is 1. The van der Waals surface area contributed by atoms with Gasteiger partial charge in [0.1, 0.15) is 5.76 Å². The van der Waals surface area contributed by atoms with Crippen molar-refractivity contribution < 1.29 is 9.21 Å². The minimum atomic E-state index is 0.0928. The average molecular weight is 379 g/mol. The van der Waals surface area contributed by atoms with Crippen molar-refractivity contribution in [3.8, 4) is 0 Å². The molecular weight excluding hydrogens is 356 g/mol. The number of hydrogen-bond acceptors (Lipinski definition) is 4. The number of likely N-dealkylation sites (N-methyl/N-ethyl adjacent to an activating group) is 1. The van der Waals surface area contributed by atoms with Gasteiger partial charge in [0.25, 0.3) is 0 Å². The van der Waals surface area contributed by atoms with Crippen molar-refractivity contribution in [2.24, 2.45) is 0 Å². The Morgan fingerprint density at radius 3 is 2.48 bits per heavy atom. The maximum atomic E-state index is 12.2. The number of benzene rings is 1. The van der Waals surface area contributed by atoms with Crippen LogP contribution in [0.2, 0.25) is 0 Å². The normalized spacial score (nSPS) is 12.5. The van der Waals surface area contributed by atoms with E-state index < -0.39 is 0 Å². The van der Waals surface area contributed by atoms with Crippen molar-refractivity contribution in [2.75, 3.05) is 26.2 Å². The molecule has 0 aliphatic rings. The van der Waals surface area contributed by atoms with Gasteiger partial charge < -0.3 is 9.73 Å². The molecule has 1 N–H and O–H groups in total. The van der Waals surface area contributed by atoms with E-state index in [2.05, 4.69) is 40.0 Å². The molecule has 1 aromatic carbocycles. The lowest BCUT2D eigenvalue weighted by Crippen LogP contribution is -2.37. The van der Waals surface area contributed by atoms with E-state index in [-0.39, 0.29) is 11.8 Å². The Balaban J connectivity index is 1.93. The minimum Gasteiger partial charge on any atom is -0.468 e. The van der Waals surface area contributed by atoms with Crippen molar-refractivity contribution in [3.05, 3.63) is 58.5 Å². The zero-order chi connectivity index (χ0) is 16.7. The molecule has 0 spiro atoms. The first kappa shape index (κ1) is 17.9. The van der Waals surface area contributed by atoms with Crippen molar-refractivity contribution in [3.63, 3.8) is 0 Å². The second kappa shape index (κ2) is 9.01. The summed E-state index contributed by atoms with van der Waals surface area (Å²) >= 11 is 3.38. The molecule has 0 bridgehead atoms. The molecule has 23 heavy (non-hydrogen) atoms. The first-order valence-electron chi connectivity index (χ1n) is 7.92. The number of halogens is 1. The number of hydrogen-bond donors (Lipinski definition) is 1. The van der Waals surface area contributed by atoms with Crippen LogP contribution in [0.25, 0.3) is 0 Å². The highest BCUT2D eigenvalue weighted by Crippen LogP contribution is 2.20. The van der Waals surface area contributed by atoms with Gasteiger partial charge in [0.2, 0.25) is 0 Å². The SMILES string of the molecule is CCN(CC)C(CNCC(=O)c1ccc(Br)cc1)c1ccco1.